The van der Waals surface area contributed by atoms with Crippen LogP contribution >= 0.6 is 23.2 Å². The molecule has 7 nitrogen and oxygen atoms in total. The minimum absolute atomic E-state index is 0.0890. The van der Waals surface area contributed by atoms with E-state index in [4.69, 9.17) is 23.2 Å². The van der Waals surface area contributed by atoms with Gasteiger partial charge in [0.15, 0.2) is 0 Å². The number of rotatable bonds is 12. The lowest BCUT2D eigenvalue weighted by Crippen LogP contribution is -2.54. The number of halogens is 2. The van der Waals surface area contributed by atoms with Gasteiger partial charge in [-0.2, -0.15) is 0 Å². The molecule has 0 aromatic heterocycles. The second-order valence-electron chi connectivity index (χ2n) is 9.85. The molecule has 2 atom stereocenters. The molecule has 0 aliphatic carbocycles. The van der Waals surface area contributed by atoms with Gasteiger partial charge in [0.05, 0.1) is 11.9 Å². The van der Waals surface area contributed by atoms with Crippen LogP contribution in [-0.4, -0.2) is 50.0 Å². The highest BCUT2D eigenvalue weighted by Crippen LogP contribution is 2.28. The third-order valence-corrected chi connectivity index (χ3v) is 8.51. The Hall–Kier alpha value is -3.07. The maximum Gasteiger partial charge on any atom is 0.244 e. The monoisotopic (exact) mass is 603 g/mol. The number of sulfonamides is 1. The molecule has 0 saturated carbocycles. The van der Waals surface area contributed by atoms with Crippen molar-refractivity contribution in [1.29, 1.82) is 0 Å². The Morgan fingerprint density at radius 2 is 1.52 bits per heavy atom. The Bertz CT molecular complexity index is 1400. The van der Waals surface area contributed by atoms with Gasteiger partial charge in [-0.3, -0.25) is 13.9 Å². The molecule has 1 N–H and O–H groups in total. The summed E-state index contributed by atoms with van der Waals surface area (Å²) in [5.41, 5.74) is 2.60. The number of carbonyl (C=O) groups is 2. The van der Waals surface area contributed by atoms with Crippen molar-refractivity contribution in [1.82, 2.24) is 10.2 Å². The highest BCUT2D eigenvalue weighted by molar-refractivity contribution is 7.92. The quantitative estimate of drug-likeness (QED) is 0.291. The number of carbonyl (C=O) groups excluding carboxylic acids is 2. The third kappa shape index (κ3) is 8.46. The van der Waals surface area contributed by atoms with Gasteiger partial charge < -0.3 is 10.2 Å². The van der Waals surface area contributed by atoms with Crippen LogP contribution in [0, 0.1) is 6.92 Å². The van der Waals surface area contributed by atoms with Gasteiger partial charge in [0.1, 0.15) is 12.6 Å². The average molecular weight is 605 g/mol. The lowest BCUT2D eigenvalue weighted by molar-refractivity contribution is -0.140. The van der Waals surface area contributed by atoms with Gasteiger partial charge in [-0.1, -0.05) is 84.2 Å². The van der Waals surface area contributed by atoms with Gasteiger partial charge in [-0.25, -0.2) is 8.42 Å². The van der Waals surface area contributed by atoms with Gasteiger partial charge in [-0.15, -0.1) is 0 Å². The van der Waals surface area contributed by atoms with Crippen molar-refractivity contribution in [2.75, 3.05) is 17.1 Å². The number of anilines is 1. The first kappa shape index (κ1) is 31.5. The zero-order chi connectivity index (χ0) is 29.4. The van der Waals surface area contributed by atoms with Crippen molar-refractivity contribution in [3.63, 3.8) is 0 Å². The van der Waals surface area contributed by atoms with Crippen LogP contribution < -0.4 is 9.62 Å². The molecule has 0 bridgehead atoms. The van der Waals surface area contributed by atoms with E-state index in [1.807, 2.05) is 51.1 Å². The minimum atomic E-state index is -3.84. The SMILES string of the molecule is CC[C@H](C)NC(=O)[C@H](Cc1ccccc1)N(Cc1c(Cl)cccc1Cl)C(=O)CN(c1ccc(C)cc1)S(C)(=O)=O. The van der Waals surface area contributed by atoms with Gasteiger partial charge in [-0.05, 0) is 50.1 Å². The molecule has 0 unspecified atom stereocenters. The third-order valence-electron chi connectivity index (χ3n) is 6.66. The van der Waals surface area contributed by atoms with E-state index < -0.39 is 28.5 Å². The van der Waals surface area contributed by atoms with E-state index in [1.54, 1.807) is 42.5 Å². The zero-order valence-corrected chi connectivity index (χ0v) is 25.4. The van der Waals surface area contributed by atoms with Crippen LogP contribution in [0.15, 0.2) is 72.8 Å². The van der Waals surface area contributed by atoms with Crippen molar-refractivity contribution in [2.24, 2.45) is 0 Å². The fraction of sp³-hybridized carbons (Fsp3) is 0.333. The highest BCUT2D eigenvalue weighted by Gasteiger charge is 2.34. The molecule has 0 aliphatic rings. The first-order valence-electron chi connectivity index (χ1n) is 13.0. The van der Waals surface area contributed by atoms with Crippen LogP contribution in [0.2, 0.25) is 10.0 Å². The fourth-order valence-electron chi connectivity index (χ4n) is 4.17. The van der Waals surface area contributed by atoms with Crippen LogP contribution in [0.3, 0.4) is 0 Å². The number of amides is 2. The standard InChI is InChI=1S/C30H35Cl2N3O4S/c1-5-22(3)33-30(37)28(18-23-10-7-6-8-11-23)34(19-25-26(31)12-9-13-27(25)32)29(36)20-35(40(4,38)39)24-16-14-21(2)15-17-24/h6-17,22,28H,5,18-20H2,1-4H3,(H,33,37)/t22-,28-/m0/s1. The van der Waals surface area contributed by atoms with Crippen LogP contribution in [0.4, 0.5) is 5.69 Å². The topological polar surface area (TPSA) is 86.8 Å². The van der Waals surface area contributed by atoms with Crippen LogP contribution in [-0.2, 0) is 32.6 Å². The molecule has 2 amide bonds. The smallest absolute Gasteiger partial charge is 0.244 e. The van der Waals surface area contributed by atoms with Gasteiger partial charge in [0.2, 0.25) is 21.8 Å². The summed E-state index contributed by atoms with van der Waals surface area (Å²) in [7, 11) is -3.84. The molecule has 0 spiro atoms. The molecule has 0 fully saturated rings. The Kier molecular flexibility index (Phi) is 11.0. The molecule has 3 rings (SSSR count). The van der Waals surface area contributed by atoms with E-state index in [1.165, 1.54) is 4.90 Å². The molecule has 214 valence electrons. The molecule has 0 saturated heterocycles. The Morgan fingerprint density at radius 3 is 2.08 bits per heavy atom. The molecular formula is C30H35Cl2N3O4S. The van der Waals surface area contributed by atoms with Crippen LogP contribution in [0.25, 0.3) is 0 Å². The summed E-state index contributed by atoms with van der Waals surface area (Å²) in [6.07, 6.45) is 1.95. The summed E-state index contributed by atoms with van der Waals surface area (Å²) >= 11 is 13.0. The van der Waals surface area contributed by atoms with Crippen molar-refractivity contribution >= 4 is 50.7 Å². The molecule has 3 aromatic carbocycles. The Labute approximate surface area is 247 Å². The van der Waals surface area contributed by atoms with E-state index >= 15 is 0 Å². The van der Waals surface area contributed by atoms with E-state index in [2.05, 4.69) is 5.32 Å². The second-order valence-corrected chi connectivity index (χ2v) is 12.6. The van der Waals surface area contributed by atoms with Crippen LogP contribution in [0.5, 0.6) is 0 Å². The first-order valence-corrected chi connectivity index (χ1v) is 15.6. The molecule has 0 aliphatic heterocycles. The average Bonchev–Trinajstić information content (AvgIpc) is 2.91. The van der Waals surface area contributed by atoms with Crippen molar-refractivity contribution in [2.45, 2.75) is 52.2 Å². The Morgan fingerprint density at radius 1 is 0.925 bits per heavy atom. The second kappa shape index (κ2) is 14.0. The number of hydrogen-bond donors (Lipinski definition) is 1. The lowest BCUT2D eigenvalue weighted by atomic mass is 10.0. The summed E-state index contributed by atoms with van der Waals surface area (Å²) in [6.45, 7) is 5.13. The van der Waals surface area contributed by atoms with E-state index in [9.17, 15) is 18.0 Å². The summed E-state index contributed by atoms with van der Waals surface area (Å²) in [4.78, 5) is 29.2. The summed E-state index contributed by atoms with van der Waals surface area (Å²) in [6, 6.07) is 20.1. The maximum absolute atomic E-state index is 14.1. The number of hydrogen-bond acceptors (Lipinski definition) is 4. The molecule has 40 heavy (non-hydrogen) atoms. The predicted molar refractivity (Wildman–Crippen MR) is 162 cm³/mol. The summed E-state index contributed by atoms with van der Waals surface area (Å²) in [5.74, 6) is -0.918. The summed E-state index contributed by atoms with van der Waals surface area (Å²) in [5, 5.41) is 3.67. The molecular weight excluding hydrogens is 569 g/mol. The summed E-state index contributed by atoms with van der Waals surface area (Å²) < 4.78 is 26.8. The van der Waals surface area contributed by atoms with Crippen molar-refractivity contribution in [3.8, 4) is 0 Å². The number of nitrogens with one attached hydrogen (secondary N) is 1. The first-order chi connectivity index (χ1) is 18.9. The number of aryl methyl sites for hydroxylation is 1. The van der Waals surface area contributed by atoms with E-state index in [-0.39, 0.29) is 24.9 Å². The van der Waals surface area contributed by atoms with E-state index in [0.29, 0.717) is 27.7 Å². The molecule has 10 heteroatoms. The predicted octanol–water partition coefficient (Wildman–Crippen LogP) is 5.62. The highest BCUT2D eigenvalue weighted by atomic mass is 35.5. The van der Waals surface area contributed by atoms with Gasteiger partial charge in [0.25, 0.3) is 0 Å². The van der Waals surface area contributed by atoms with Gasteiger partial charge in [0, 0.05) is 34.6 Å². The van der Waals surface area contributed by atoms with Gasteiger partial charge >= 0.3 is 0 Å². The number of nitrogens with zero attached hydrogens (tertiary/aromatic N) is 2. The Balaban J connectivity index is 2.10. The number of benzene rings is 3. The normalized spacial score (nSPS) is 12.8. The fourth-order valence-corrected chi connectivity index (χ4v) is 5.54. The van der Waals surface area contributed by atoms with E-state index in [0.717, 1.165) is 21.7 Å². The maximum atomic E-state index is 14.1. The lowest BCUT2D eigenvalue weighted by Gasteiger charge is -2.34. The zero-order valence-electron chi connectivity index (χ0n) is 23.1. The minimum Gasteiger partial charge on any atom is -0.352 e. The molecule has 0 radical (unpaired) electrons. The largest absolute Gasteiger partial charge is 0.352 e. The molecule has 3 aromatic rings. The van der Waals surface area contributed by atoms with Crippen molar-refractivity contribution < 1.29 is 18.0 Å². The molecule has 0 heterocycles. The van der Waals surface area contributed by atoms with Crippen LogP contribution in [0.1, 0.15) is 37.0 Å². The van der Waals surface area contributed by atoms with Crippen molar-refractivity contribution in [3.05, 3.63) is 99.5 Å².